The minimum atomic E-state index is -0.503. The number of piperazine rings is 1. The quantitative estimate of drug-likeness (QED) is 0.562. The molecule has 2 amide bonds. The minimum Gasteiger partial charge on any atom is -0.339 e. The van der Waals surface area contributed by atoms with Crippen LogP contribution in [0.15, 0.2) is 36.4 Å². The number of benzene rings is 1. The van der Waals surface area contributed by atoms with Crippen molar-refractivity contribution in [3.05, 3.63) is 62.0 Å². The zero-order valence-corrected chi connectivity index (χ0v) is 16.0. The maximum Gasteiger partial charge on any atom is 0.324 e. The number of carbonyl (C=O) groups excluding carboxylic acids is 2. The lowest BCUT2D eigenvalue weighted by atomic mass is 10.1. The molecule has 2 aromatic rings. The van der Waals surface area contributed by atoms with Crippen molar-refractivity contribution in [2.45, 2.75) is 12.8 Å². The number of nitrogens with zero attached hydrogens (tertiary/aromatic N) is 3. The lowest BCUT2D eigenvalue weighted by Gasteiger charge is -2.34. The Bertz CT molecular complexity index is 862. The second-order valence-electron chi connectivity index (χ2n) is 6.16. The third kappa shape index (κ3) is 4.64. The summed E-state index contributed by atoms with van der Waals surface area (Å²) in [4.78, 5) is 38.8. The standard InChI is InChI=1S/C18H18ClN3O4S/c19-14-4-2-1-3-13(14)5-7-16(23)20-9-11-21(12-10-20)18(24)15-6-8-17(27-15)22(25)26/h1-4,6,8H,5,7,9-12H2. The number of amides is 2. The van der Waals surface area contributed by atoms with E-state index in [1.54, 1.807) is 15.9 Å². The van der Waals surface area contributed by atoms with Crippen LogP contribution in [-0.4, -0.2) is 52.7 Å². The summed E-state index contributed by atoms with van der Waals surface area (Å²) in [6, 6.07) is 10.3. The van der Waals surface area contributed by atoms with Crippen molar-refractivity contribution in [2.75, 3.05) is 26.2 Å². The van der Waals surface area contributed by atoms with Gasteiger partial charge in [0, 0.05) is 43.7 Å². The van der Waals surface area contributed by atoms with E-state index in [1.165, 1.54) is 12.1 Å². The van der Waals surface area contributed by atoms with Crippen LogP contribution >= 0.6 is 22.9 Å². The molecule has 9 heteroatoms. The molecule has 0 atom stereocenters. The zero-order chi connectivity index (χ0) is 19.4. The molecule has 0 N–H and O–H groups in total. The largest absolute Gasteiger partial charge is 0.339 e. The van der Waals surface area contributed by atoms with Gasteiger partial charge in [-0.05, 0) is 24.1 Å². The number of nitro groups is 1. The molecule has 1 saturated heterocycles. The first-order valence-electron chi connectivity index (χ1n) is 8.50. The predicted octanol–water partition coefficient (Wildman–Crippen LogP) is 3.23. The monoisotopic (exact) mass is 407 g/mol. The van der Waals surface area contributed by atoms with E-state index < -0.39 is 4.92 Å². The van der Waals surface area contributed by atoms with Gasteiger partial charge in [0.15, 0.2) is 0 Å². The molecule has 2 heterocycles. The Morgan fingerprint density at radius 1 is 1.07 bits per heavy atom. The summed E-state index contributed by atoms with van der Waals surface area (Å²) >= 11 is 6.99. The Morgan fingerprint density at radius 2 is 1.74 bits per heavy atom. The van der Waals surface area contributed by atoms with Crippen LogP contribution in [-0.2, 0) is 11.2 Å². The topological polar surface area (TPSA) is 83.8 Å². The van der Waals surface area contributed by atoms with Crippen molar-refractivity contribution in [1.82, 2.24) is 9.80 Å². The summed E-state index contributed by atoms with van der Waals surface area (Å²) < 4.78 is 0. The number of hydrogen-bond donors (Lipinski definition) is 0. The molecule has 0 spiro atoms. The van der Waals surface area contributed by atoms with E-state index in [2.05, 4.69) is 0 Å². The average molecular weight is 408 g/mol. The molecule has 142 valence electrons. The highest BCUT2D eigenvalue weighted by molar-refractivity contribution is 7.17. The maximum absolute atomic E-state index is 12.5. The molecule has 7 nitrogen and oxygen atoms in total. The molecule has 0 aliphatic carbocycles. The predicted molar refractivity (Wildman–Crippen MR) is 103 cm³/mol. The second kappa shape index (κ2) is 8.49. The zero-order valence-electron chi connectivity index (χ0n) is 14.5. The summed E-state index contributed by atoms with van der Waals surface area (Å²) in [5, 5.41) is 11.4. The Labute approximate surface area is 165 Å². The van der Waals surface area contributed by atoms with Gasteiger partial charge in [-0.25, -0.2) is 0 Å². The SMILES string of the molecule is O=C(CCc1ccccc1Cl)N1CCN(C(=O)c2ccc([N+](=O)[O-])s2)CC1. The van der Waals surface area contributed by atoms with Gasteiger partial charge in [-0.2, -0.15) is 0 Å². The molecule has 0 bridgehead atoms. The van der Waals surface area contributed by atoms with Gasteiger partial charge in [0.25, 0.3) is 5.91 Å². The van der Waals surface area contributed by atoms with Crippen LogP contribution in [0.1, 0.15) is 21.7 Å². The van der Waals surface area contributed by atoms with Crippen molar-refractivity contribution in [3.63, 3.8) is 0 Å². The Balaban J connectivity index is 1.50. The fraction of sp³-hybridized carbons (Fsp3) is 0.333. The van der Waals surface area contributed by atoms with Crippen molar-refractivity contribution in [1.29, 1.82) is 0 Å². The van der Waals surface area contributed by atoms with E-state index in [0.29, 0.717) is 48.9 Å². The fourth-order valence-electron chi connectivity index (χ4n) is 2.96. The molecule has 1 aliphatic heterocycles. The van der Waals surface area contributed by atoms with Gasteiger partial charge < -0.3 is 9.80 Å². The van der Waals surface area contributed by atoms with Crippen LogP contribution in [0.2, 0.25) is 5.02 Å². The Morgan fingerprint density at radius 3 is 2.37 bits per heavy atom. The van der Waals surface area contributed by atoms with E-state index in [0.717, 1.165) is 16.9 Å². The molecule has 0 radical (unpaired) electrons. The maximum atomic E-state index is 12.5. The van der Waals surface area contributed by atoms with E-state index in [4.69, 9.17) is 11.6 Å². The number of hydrogen-bond acceptors (Lipinski definition) is 5. The first kappa shape index (κ1) is 19.3. The van der Waals surface area contributed by atoms with E-state index in [9.17, 15) is 19.7 Å². The van der Waals surface area contributed by atoms with Gasteiger partial charge in [0.05, 0.1) is 9.80 Å². The molecule has 1 aromatic carbocycles. The third-order valence-corrected chi connectivity index (χ3v) is 5.86. The third-order valence-electron chi connectivity index (χ3n) is 4.47. The Kier molecular flexibility index (Phi) is 6.08. The van der Waals surface area contributed by atoms with Gasteiger partial charge in [-0.15, -0.1) is 0 Å². The highest BCUT2D eigenvalue weighted by Gasteiger charge is 2.26. The molecule has 0 saturated carbocycles. The molecule has 1 fully saturated rings. The molecular weight excluding hydrogens is 390 g/mol. The number of carbonyl (C=O) groups is 2. The van der Waals surface area contributed by atoms with Crippen LogP contribution < -0.4 is 0 Å². The van der Waals surface area contributed by atoms with Gasteiger partial charge in [-0.1, -0.05) is 41.1 Å². The van der Waals surface area contributed by atoms with Crippen LogP contribution in [0.25, 0.3) is 0 Å². The van der Waals surface area contributed by atoms with Crippen LogP contribution in [0, 0.1) is 10.1 Å². The van der Waals surface area contributed by atoms with Gasteiger partial charge in [0.1, 0.15) is 0 Å². The van der Waals surface area contributed by atoms with Crippen molar-refractivity contribution in [2.24, 2.45) is 0 Å². The lowest BCUT2D eigenvalue weighted by molar-refractivity contribution is -0.380. The molecule has 27 heavy (non-hydrogen) atoms. The van der Waals surface area contributed by atoms with Crippen LogP contribution in [0.5, 0.6) is 0 Å². The van der Waals surface area contributed by atoms with E-state index in [-0.39, 0.29) is 16.8 Å². The number of thiophene rings is 1. The Hall–Kier alpha value is -2.45. The summed E-state index contributed by atoms with van der Waals surface area (Å²) in [7, 11) is 0. The van der Waals surface area contributed by atoms with Crippen molar-refractivity contribution < 1.29 is 14.5 Å². The van der Waals surface area contributed by atoms with Crippen molar-refractivity contribution in [3.8, 4) is 0 Å². The van der Waals surface area contributed by atoms with Gasteiger partial charge in [0.2, 0.25) is 5.91 Å². The summed E-state index contributed by atoms with van der Waals surface area (Å²) in [5.41, 5.74) is 0.945. The van der Waals surface area contributed by atoms with Gasteiger partial charge >= 0.3 is 5.00 Å². The van der Waals surface area contributed by atoms with Crippen LogP contribution in [0.3, 0.4) is 0 Å². The van der Waals surface area contributed by atoms with Gasteiger partial charge in [-0.3, -0.25) is 19.7 Å². The average Bonchev–Trinajstić information content (AvgIpc) is 3.17. The lowest BCUT2D eigenvalue weighted by Crippen LogP contribution is -2.50. The van der Waals surface area contributed by atoms with E-state index >= 15 is 0 Å². The molecular formula is C18H18ClN3O4S. The number of halogens is 1. The second-order valence-corrected chi connectivity index (χ2v) is 7.63. The fourth-order valence-corrected chi connectivity index (χ4v) is 3.98. The minimum absolute atomic E-state index is 0.0359. The molecule has 3 rings (SSSR count). The summed E-state index contributed by atoms with van der Waals surface area (Å²) in [5.74, 6) is -0.190. The first-order valence-corrected chi connectivity index (χ1v) is 9.70. The highest BCUT2D eigenvalue weighted by atomic mass is 35.5. The van der Waals surface area contributed by atoms with E-state index in [1.807, 2.05) is 18.2 Å². The summed E-state index contributed by atoms with van der Waals surface area (Å²) in [6.07, 6.45) is 0.950. The molecule has 0 unspecified atom stereocenters. The van der Waals surface area contributed by atoms with Crippen molar-refractivity contribution >= 4 is 39.8 Å². The highest BCUT2D eigenvalue weighted by Crippen LogP contribution is 2.25. The normalized spacial score (nSPS) is 14.3. The molecule has 1 aliphatic rings. The number of rotatable bonds is 5. The summed E-state index contributed by atoms with van der Waals surface area (Å²) in [6.45, 7) is 1.76. The first-order chi connectivity index (χ1) is 13.0. The smallest absolute Gasteiger partial charge is 0.324 e. The van der Waals surface area contributed by atoms with Crippen LogP contribution in [0.4, 0.5) is 5.00 Å². The molecule has 1 aromatic heterocycles. The number of aryl methyl sites for hydroxylation is 1.